The van der Waals surface area contributed by atoms with Crippen molar-refractivity contribution in [1.29, 1.82) is 0 Å². The lowest BCUT2D eigenvalue weighted by molar-refractivity contribution is -0.137. The average Bonchev–Trinajstić information content (AvgIpc) is 2.84. The first-order valence-electron chi connectivity index (χ1n) is 6.23. The topological polar surface area (TPSA) is 34.9 Å². The van der Waals surface area contributed by atoms with Gasteiger partial charge >= 0.3 is 6.18 Å². The van der Waals surface area contributed by atoms with Crippen LogP contribution in [0.2, 0.25) is 0 Å². The Morgan fingerprint density at radius 1 is 1.38 bits per heavy atom. The van der Waals surface area contributed by atoms with Crippen LogP contribution >= 0.6 is 15.9 Å². The Kier molecular flexibility index (Phi) is 4.51. The molecular weight excluding hydrogens is 349 g/mol. The lowest BCUT2D eigenvalue weighted by atomic mass is 10.0. The van der Waals surface area contributed by atoms with Crippen LogP contribution in [0.1, 0.15) is 28.7 Å². The summed E-state index contributed by atoms with van der Waals surface area (Å²) in [5, 5.41) is 0. The number of halogens is 4. The Bertz CT molecular complexity index is 664. The van der Waals surface area contributed by atoms with E-state index in [1.165, 1.54) is 6.07 Å². The quantitative estimate of drug-likeness (QED) is 0.769. The Balaban J connectivity index is 2.31. The molecule has 7 heteroatoms. The first kappa shape index (κ1) is 15.8. The number of hydrogen-bond acceptors (Lipinski definition) is 2. The smallest absolute Gasteiger partial charge is 0.335 e. The van der Waals surface area contributed by atoms with Crippen molar-refractivity contribution in [2.75, 3.05) is 0 Å². The Hall–Kier alpha value is -1.63. The molecule has 0 spiro atoms. The number of carbonyl (C=O) groups excluding carboxylic acids is 1. The first-order valence-corrected chi connectivity index (χ1v) is 7.02. The highest BCUT2D eigenvalue weighted by Gasteiger charge is 2.31. The molecule has 0 amide bonds. The van der Waals surface area contributed by atoms with E-state index in [2.05, 4.69) is 20.9 Å². The van der Waals surface area contributed by atoms with Gasteiger partial charge in [0.15, 0.2) is 5.78 Å². The minimum Gasteiger partial charge on any atom is -0.335 e. The summed E-state index contributed by atoms with van der Waals surface area (Å²) >= 11 is 3.12. The van der Waals surface area contributed by atoms with E-state index in [1.807, 2.05) is 6.92 Å². The standard InChI is InChI=1S/C14H12BrF3N2O/c1-2-20-6-5-19-13(20)8-12(21)10-7-9(14(16,17)18)3-4-11(10)15/h3-7H,2,8H2,1H3. The Morgan fingerprint density at radius 3 is 2.71 bits per heavy atom. The predicted molar refractivity (Wildman–Crippen MR) is 75.1 cm³/mol. The zero-order valence-corrected chi connectivity index (χ0v) is 12.7. The summed E-state index contributed by atoms with van der Waals surface area (Å²) in [6.07, 6.45) is -1.23. The van der Waals surface area contributed by atoms with Gasteiger partial charge in [0, 0.05) is 29.0 Å². The lowest BCUT2D eigenvalue weighted by Gasteiger charge is -2.10. The SMILES string of the molecule is CCn1ccnc1CC(=O)c1cc(C(F)(F)F)ccc1Br. The van der Waals surface area contributed by atoms with Crippen molar-refractivity contribution in [2.24, 2.45) is 0 Å². The molecule has 0 saturated carbocycles. The molecule has 0 aliphatic rings. The lowest BCUT2D eigenvalue weighted by Crippen LogP contribution is -2.12. The van der Waals surface area contributed by atoms with Gasteiger partial charge in [-0.1, -0.05) is 15.9 Å². The van der Waals surface area contributed by atoms with Gasteiger partial charge in [0.2, 0.25) is 0 Å². The van der Waals surface area contributed by atoms with Gasteiger partial charge in [0.25, 0.3) is 0 Å². The minimum atomic E-state index is -4.47. The summed E-state index contributed by atoms with van der Waals surface area (Å²) in [5.74, 6) is 0.126. The molecule has 2 rings (SSSR count). The molecule has 2 aromatic rings. The van der Waals surface area contributed by atoms with Crippen LogP contribution in [0.25, 0.3) is 0 Å². The summed E-state index contributed by atoms with van der Waals surface area (Å²) in [5.41, 5.74) is -0.830. The third-order valence-corrected chi connectivity index (χ3v) is 3.75. The molecule has 1 aromatic carbocycles. The van der Waals surface area contributed by atoms with E-state index in [-0.39, 0.29) is 12.0 Å². The van der Waals surface area contributed by atoms with Crippen LogP contribution in [-0.4, -0.2) is 15.3 Å². The van der Waals surface area contributed by atoms with Gasteiger partial charge in [0.05, 0.1) is 12.0 Å². The van der Waals surface area contributed by atoms with E-state index in [4.69, 9.17) is 0 Å². The van der Waals surface area contributed by atoms with Crippen molar-refractivity contribution < 1.29 is 18.0 Å². The van der Waals surface area contributed by atoms with Gasteiger partial charge in [-0.25, -0.2) is 4.98 Å². The molecule has 0 unspecified atom stereocenters. The van der Waals surface area contributed by atoms with E-state index < -0.39 is 17.5 Å². The number of aromatic nitrogens is 2. The fourth-order valence-corrected chi connectivity index (χ4v) is 2.42. The molecule has 21 heavy (non-hydrogen) atoms. The van der Waals surface area contributed by atoms with Gasteiger partial charge in [-0.2, -0.15) is 13.2 Å². The van der Waals surface area contributed by atoms with E-state index in [1.54, 1.807) is 17.0 Å². The highest BCUT2D eigenvalue weighted by molar-refractivity contribution is 9.10. The van der Waals surface area contributed by atoms with Crippen molar-refractivity contribution in [3.63, 3.8) is 0 Å². The van der Waals surface area contributed by atoms with Crippen molar-refractivity contribution >= 4 is 21.7 Å². The number of carbonyl (C=O) groups is 1. The molecule has 0 atom stereocenters. The largest absolute Gasteiger partial charge is 0.416 e. The van der Waals surface area contributed by atoms with Crippen LogP contribution in [0.15, 0.2) is 35.1 Å². The predicted octanol–water partition coefficient (Wildman–Crippen LogP) is 4.11. The first-order chi connectivity index (χ1) is 9.82. The van der Waals surface area contributed by atoms with Crippen LogP contribution < -0.4 is 0 Å². The molecule has 0 saturated heterocycles. The average molecular weight is 361 g/mol. The molecular formula is C14H12BrF3N2O. The van der Waals surface area contributed by atoms with Crippen LogP contribution in [0, 0.1) is 0 Å². The van der Waals surface area contributed by atoms with Crippen molar-refractivity contribution in [3.05, 3.63) is 52.0 Å². The normalized spacial score (nSPS) is 11.7. The molecule has 0 N–H and O–H groups in total. The number of aryl methyl sites for hydroxylation is 1. The van der Waals surface area contributed by atoms with E-state index in [0.717, 1.165) is 12.1 Å². The number of rotatable bonds is 4. The number of imidazole rings is 1. The molecule has 0 bridgehead atoms. The van der Waals surface area contributed by atoms with E-state index >= 15 is 0 Å². The number of benzene rings is 1. The molecule has 1 heterocycles. The molecule has 0 aliphatic heterocycles. The molecule has 112 valence electrons. The number of ketones is 1. The maximum absolute atomic E-state index is 12.7. The number of nitrogens with zero attached hydrogens (tertiary/aromatic N) is 2. The third kappa shape index (κ3) is 3.53. The monoisotopic (exact) mass is 360 g/mol. The molecule has 0 radical (unpaired) electrons. The zero-order valence-electron chi connectivity index (χ0n) is 11.1. The molecule has 1 aromatic heterocycles. The van der Waals surface area contributed by atoms with Crippen molar-refractivity contribution in [2.45, 2.75) is 26.1 Å². The molecule has 0 fully saturated rings. The van der Waals surface area contributed by atoms with Crippen molar-refractivity contribution in [1.82, 2.24) is 9.55 Å². The second-order valence-corrected chi connectivity index (χ2v) is 5.28. The van der Waals surface area contributed by atoms with Crippen LogP contribution in [0.5, 0.6) is 0 Å². The zero-order chi connectivity index (χ0) is 15.6. The number of alkyl halides is 3. The van der Waals surface area contributed by atoms with Crippen molar-refractivity contribution in [3.8, 4) is 0 Å². The highest BCUT2D eigenvalue weighted by atomic mass is 79.9. The second kappa shape index (κ2) is 6.01. The van der Waals surface area contributed by atoms with Crippen LogP contribution in [0.3, 0.4) is 0 Å². The maximum Gasteiger partial charge on any atom is 0.416 e. The summed E-state index contributed by atoms with van der Waals surface area (Å²) in [4.78, 5) is 16.3. The Labute approximate surface area is 127 Å². The summed E-state index contributed by atoms with van der Waals surface area (Å²) in [6, 6.07) is 3.04. The van der Waals surface area contributed by atoms with Gasteiger partial charge < -0.3 is 4.57 Å². The van der Waals surface area contributed by atoms with Gasteiger partial charge in [-0.3, -0.25) is 4.79 Å². The highest BCUT2D eigenvalue weighted by Crippen LogP contribution is 2.32. The molecule has 0 aliphatic carbocycles. The van der Waals surface area contributed by atoms with Gasteiger partial charge in [-0.15, -0.1) is 0 Å². The number of Topliss-reactive ketones (excluding diaryl/α,β-unsaturated/α-hetero) is 1. The van der Waals surface area contributed by atoms with Crippen LogP contribution in [-0.2, 0) is 19.1 Å². The third-order valence-electron chi connectivity index (χ3n) is 3.06. The van der Waals surface area contributed by atoms with E-state index in [9.17, 15) is 18.0 Å². The molecule has 3 nitrogen and oxygen atoms in total. The second-order valence-electron chi connectivity index (χ2n) is 4.42. The summed E-state index contributed by atoms with van der Waals surface area (Å²) in [6.45, 7) is 2.54. The summed E-state index contributed by atoms with van der Waals surface area (Å²) in [7, 11) is 0. The fraction of sp³-hybridized carbons (Fsp3) is 0.286. The Morgan fingerprint density at radius 2 is 2.10 bits per heavy atom. The number of hydrogen-bond donors (Lipinski definition) is 0. The fourth-order valence-electron chi connectivity index (χ4n) is 1.95. The maximum atomic E-state index is 12.7. The van der Waals surface area contributed by atoms with Gasteiger partial charge in [-0.05, 0) is 25.1 Å². The van der Waals surface area contributed by atoms with E-state index in [0.29, 0.717) is 16.8 Å². The summed E-state index contributed by atoms with van der Waals surface area (Å²) < 4.78 is 40.3. The minimum absolute atomic E-state index is 0.00970. The van der Waals surface area contributed by atoms with Crippen LogP contribution in [0.4, 0.5) is 13.2 Å². The van der Waals surface area contributed by atoms with Gasteiger partial charge in [0.1, 0.15) is 5.82 Å².